The average Bonchev–Trinajstić information content (AvgIpc) is 2.94. The number of thioether (sulfide) groups is 2. The Bertz CT molecular complexity index is 535. The Kier molecular flexibility index (Phi) is 4.52. The maximum Gasteiger partial charge on any atom is 0.155 e. The molecule has 3 saturated heterocycles. The molecule has 2 unspecified atom stereocenters. The summed E-state index contributed by atoms with van der Waals surface area (Å²) in [6, 6.07) is 9.76. The first-order valence-electron chi connectivity index (χ1n) is 9.07. The van der Waals surface area contributed by atoms with Gasteiger partial charge in [0.1, 0.15) is 10.5 Å². The Morgan fingerprint density at radius 1 is 0.957 bits per heavy atom. The number of fused-ring (bicyclic) bond motifs is 2. The zero-order valence-corrected chi connectivity index (χ0v) is 17.1. The van der Waals surface area contributed by atoms with Gasteiger partial charge in [-0.05, 0) is 42.4 Å². The molecule has 3 heterocycles. The minimum Gasteiger partial charge on any atom is -0.143 e. The van der Waals surface area contributed by atoms with Crippen molar-refractivity contribution in [3.8, 4) is 0 Å². The van der Waals surface area contributed by atoms with E-state index in [1.54, 1.807) is 4.90 Å². The summed E-state index contributed by atoms with van der Waals surface area (Å²) in [7, 11) is 0.512. The molecule has 4 rings (SSSR count). The molecule has 3 heteroatoms. The van der Waals surface area contributed by atoms with Gasteiger partial charge in [0.25, 0.3) is 0 Å². The molecule has 1 aromatic carbocycles. The summed E-state index contributed by atoms with van der Waals surface area (Å²) < 4.78 is 0.602. The predicted octanol–water partition coefficient (Wildman–Crippen LogP) is 5.85. The van der Waals surface area contributed by atoms with Crippen LogP contribution in [0.5, 0.6) is 0 Å². The second-order valence-corrected chi connectivity index (χ2v) is 14.1. The summed E-state index contributed by atoms with van der Waals surface area (Å²) >= 11 is 4.59. The van der Waals surface area contributed by atoms with Gasteiger partial charge in [0.2, 0.25) is 0 Å². The molecule has 1 spiro atoms. The van der Waals surface area contributed by atoms with Crippen molar-refractivity contribution in [3.05, 3.63) is 29.8 Å². The first-order chi connectivity index (χ1) is 11.0. The van der Waals surface area contributed by atoms with Crippen LogP contribution in [0.15, 0.2) is 29.2 Å². The SMILES string of the molecule is CC(C)(C)c1ccc([S+]2C3CCCC2CC2(C3)SCCS2)cc1. The van der Waals surface area contributed by atoms with Crippen LogP contribution < -0.4 is 0 Å². The van der Waals surface area contributed by atoms with E-state index in [0.29, 0.717) is 15.0 Å². The highest BCUT2D eigenvalue weighted by atomic mass is 32.2. The molecule has 0 amide bonds. The highest BCUT2D eigenvalue weighted by molar-refractivity contribution is 8.21. The van der Waals surface area contributed by atoms with Gasteiger partial charge in [-0.15, -0.1) is 23.5 Å². The Morgan fingerprint density at radius 3 is 2.04 bits per heavy atom. The minimum atomic E-state index is 0.269. The first-order valence-corrected chi connectivity index (χ1v) is 12.4. The summed E-state index contributed by atoms with van der Waals surface area (Å²) in [5.74, 6) is 2.77. The van der Waals surface area contributed by atoms with Crippen LogP contribution in [0.4, 0.5) is 0 Å². The zero-order chi connectivity index (χ0) is 16.1. The van der Waals surface area contributed by atoms with Crippen LogP contribution in [0.2, 0.25) is 0 Å². The van der Waals surface area contributed by atoms with Crippen molar-refractivity contribution in [2.75, 3.05) is 11.5 Å². The van der Waals surface area contributed by atoms with Crippen LogP contribution in [-0.2, 0) is 16.3 Å². The Hall–Kier alpha value is 0.270. The van der Waals surface area contributed by atoms with E-state index < -0.39 is 0 Å². The third-order valence-corrected chi connectivity index (χ3v) is 12.2. The number of benzene rings is 1. The molecule has 0 radical (unpaired) electrons. The van der Waals surface area contributed by atoms with Crippen molar-refractivity contribution < 1.29 is 0 Å². The van der Waals surface area contributed by atoms with E-state index in [-0.39, 0.29) is 5.41 Å². The van der Waals surface area contributed by atoms with Crippen molar-refractivity contribution in [1.29, 1.82) is 0 Å². The maximum atomic E-state index is 2.47. The zero-order valence-electron chi connectivity index (χ0n) is 14.6. The normalized spacial score (nSPS) is 33.1. The standard InChI is InChI=1S/C20H29S3/c1-19(2,3)15-7-9-16(10-8-15)23-17-5-4-6-18(23)14-20(13-17)21-11-12-22-20/h7-10,17-18H,4-6,11-14H2,1-3H3/q+1. The third kappa shape index (κ3) is 3.22. The molecule has 3 aliphatic heterocycles. The fourth-order valence-electron chi connectivity index (χ4n) is 4.49. The fraction of sp³-hybridized carbons (Fsp3) is 0.700. The summed E-state index contributed by atoms with van der Waals surface area (Å²) in [4.78, 5) is 1.66. The lowest BCUT2D eigenvalue weighted by atomic mass is 9.87. The van der Waals surface area contributed by atoms with Crippen LogP contribution in [0.1, 0.15) is 58.4 Å². The second-order valence-electron chi connectivity index (χ2n) is 8.34. The lowest BCUT2D eigenvalue weighted by Crippen LogP contribution is -2.48. The molecule has 0 saturated carbocycles. The van der Waals surface area contributed by atoms with E-state index in [9.17, 15) is 0 Å². The summed E-state index contributed by atoms with van der Waals surface area (Å²) in [6.45, 7) is 6.95. The highest BCUT2D eigenvalue weighted by Gasteiger charge is 2.56. The molecular weight excluding hydrogens is 336 g/mol. The molecule has 0 nitrogen and oxygen atoms in total. The number of rotatable bonds is 1. The van der Waals surface area contributed by atoms with E-state index in [2.05, 4.69) is 68.6 Å². The molecule has 3 fully saturated rings. The quantitative estimate of drug-likeness (QED) is 0.572. The molecule has 3 aliphatic rings. The molecule has 0 aromatic heterocycles. The molecule has 0 aliphatic carbocycles. The van der Waals surface area contributed by atoms with Crippen LogP contribution in [0, 0.1) is 0 Å². The lowest BCUT2D eigenvalue weighted by Gasteiger charge is -2.43. The van der Waals surface area contributed by atoms with E-state index >= 15 is 0 Å². The van der Waals surface area contributed by atoms with Crippen molar-refractivity contribution in [3.63, 3.8) is 0 Å². The second kappa shape index (κ2) is 6.21. The Labute approximate surface area is 153 Å². The van der Waals surface area contributed by atoms with Crippen LogP contribution in [0.25, 0.3) is 0 Å². The topological polar surface area (TPSA) is 0 Å². The van der Waals surface area contributed by atoms with Gasteiger partial charge in [0.15, 0.2) is 4.90 Å². The lowest BCUT2D eigenvalue weighted by molar-refractivity contribution is 0.473. The summed E-state index contributed by atoms with van der Waals surface area (Å²) in [5.41, 5.74) is 1.75. The van der Waals surface area contributed by atoms with Crippen molar-refractivity contribution in [1.82, 2.24) is 0 Å². The van der Waals surface area contributed by atoms with Crippen LogP contribution in [0.3, 0.4) is 0 Å². The molecule has 23 heavy (non-hydrogen) atoms. The van der Waals surface area contributed by atoms with E-state index in [0.717, 1.165) is 10.5 Å². The van der Waals surface area contributed by atoms with E-state index in [1.807, 2.05) is 0 Å². The van der Waals surface area contributed by atoms with Gasteiger partial charge in [-0.1, -0.05) is 32.9 Å². The van der Waals surface area contributed by atoms with Crippen LogP contribution in [-0.4, -0.2) is 26.1 Å². The summed E-state index contributed by atoms with van der Waals surface area (Å²) in [6.07, 6.45) is 7.38. The molecular formula is C20H29S3+. The predicted molar refractivity (Wildman–Crippen MR) is 109 cm³/mol. The van der Waals surface area contributed by atoms with Crippen LogP contribution >= 0.6 is 23.5 Å². The summed E-state index contributed by atoms with van der Waals surface area (Å²) in [5, 5.41) is 1.92. The van der Waals surface area contributed by atoms with Gasteiger partial charge in [0, 0.05) is 35.2 Å². The molecule has 0 N–H and O–H groups in total. The third-order valence-electron chi connectivity index (χ3n) is 5.65. The van der Waals surface area contributed by atoms with Crippen molar-refractivity contribution in [2.24, 2.45) is 0 Å². The van der Waals surface area contributed by atoms with Crippen molar-refractivity contribution >= 4 is 34.4 Å². The Morgan fingerprint density at radius 2 is 1.52 bits per heavy atom. The molecule has 126 valence electrons. The monoisotopic (exact) mass is 365 g/mol. The maximum absolute atomic E-state index is 2.47. The van der Waals surface area contributed by atoms with Gasteiger partial charge < -0.3 is 0 Å². The van der Waals surface area contributed by atoms with E-state index in [1.165, 1.54) is 49.2 Å². The smallest absolute Gasteiger partial charge is 0.143 e. The number of hydrogen-bond acceptors (Lipinski definition) is 2. The first kappa shape index (κ1) is 16.7. The molecule has 2 bridgehead atoms. The Balaban J connectivity index is 1.59. The average molecular weight is 366 g/mol. The van der Waals surface area contributed by atoms with Gasteiger partial charge in [-0.2, -0.15) is 0 Å². The van der Waals surface area contributed by atoms with Gasteiger partial charge in [-0.25, -0.2) is 0 Å². The van der Waals surface area contributed by atoms with E-state index in [4.69, 9.17) is 0 Å². The van der Waals surface area contributed by atoms with Gasteiger partial charge >= 0.3 is 0 Å². The molecule has 1 aromatic rings. The van der Waals surface area contributed by atoms with Crippen molar-refractivity contribution in [2.45, 2.75) is 77.8 Å². The number of hydrogen-bond donors (Lipinski definition) is 0. The minimum absolute atomic E-state index is 0.269. The van der Waals surface area contributed by atoms with Gasteiger partial charge in [0.05, 0.1) is 4.08 Å². The highest BCUT2D eigenvalue weighted by Crippen LogP contribution is 2.58. The van der Waals surface area contributed by atoms with Gasteiger partial charge in [-0.3, -0.25) is 0 Å². The molecule has 2 atom stereocenters. The largest absolute Gasteiger partial charge is 0.155 e. The fourth-order valence-corrected chi connectivity index (χ4v) is 12.0.